The molecule has 7 rings (SSSR count). The predicted molar refractivity (Wildman–Crippen MR) is 192 cm³/mol. The maximum atomic E-state index is 13.2. The van der Waals surface area contributed by atoms with Crippen molar-refractivity contribution >= 4 is 79.0 Å². The lowest BCUT2D eigenvalue weighted by atomic mass is 10.0. The summed E-state index contributed by atoms with van der Waals surface area (Å²) in [5.41, 5.74) is 2.61. The monoisotopic (exact) mass is 831 g/mol. The second-order valence-electron chi connectivity index (χ2n) is 9.53. The lowest BCUT2D eigenvalue weighted by molar-refractivity contribution is 0.191. The largest absolute Gasteiger partial charge is 0.597 e. The molecule has 3 heterocycles. The first-order valence-corrected chi connectivity index (χ1v) is 22.4. The third-order valence-electron chi connectivity index (χ3n) is 6.58. The molecular formula is C32H35I2O6P2+. The second-order valence-corrected chi connectivity index (χ2v) is 13.1. The highest BCUT2D eigenvalue weighted by Crippen LogP contribution is 2.54. The minimum atomic E-state index is -3.06. The lowest BCUT2D eigenvalue weighted by Gasteiger charge is -2.29. The highest BCUT2D eigenvalue weighted by atomic mass is 128. The molecule has 0 aliphatic carbocycles. The second kappa shape index (κ2) is 16.3. The van der Waals surface area contributed by atoms with E-state index in [4.69, 9.17) is 13.5 Å². The molecule has 0 amide bonds. The highest BCUT2D eigenvalue weighted by molar-refractivity contribution is 15.0. The molecule has 0 bridgehead atoms. The zero-order valence-electron chi connectivity index (χ0n) is 22.7. The maximum absolute atomic E-state index is 13.2. The van der Waals surface area contributed by atoms with Crippen LogP contribution in [0.3, 0.4) is 0 Å². The molecule has 1 aromatic heterocycles. The third-order valence-corrected chi connectivity index (χ3v) is 10.2. The van der Waals surface area contributed by atoms with Crippen LogP contribution in [0.4, 0.5) is 0 Å². The van der Waals surface area contributed by atoms with E-state index in [-0.39, 0.29) is 13.6 Å². The molecule has 222 valence electrons. The standard InChI is InChI=1S/C16H17O3P.C12H8O2P.C3H6O.CH4.I2/c1-2-12(17)11-20(18)16-10-6-4-8-14(16)13-7-3-5-9-15(13)19-20;13-15-12-8-4-2-6-10(12)9-5-1-3-7-11(9)14-15;1-3-2-4-3;;1-2/h3-10,12,17H,2,11H2,1H3;1-8H;3H,2H2,1H3;1H4;/q;+1;;;. The maximum Gasteiger partial charge on any atom is 0.597 e. The van der Waals surface area contributed by atoms with Crippen LogP contribution in [-0.4, -0.2) is 30.1 Å². The van der Waals surface area contributed by atoms with E-state index >= 15 is 0 Å². The van der Waals surface area contributed by atoms with E-state index in [1.165, 1.54) is 0 Å². The fraction of sp³-hybridized carbons (Fsp3) is 0.250. The molecule has 0 radical (unpaired) electrons. The van der Waals surface area contributed by atoms with Gasteiger partial charge in [-0.15, -0.1) is 0 Å². The number of para-hydroxylation sites is 2. The quantitative estimate of drug-likeness (QED) is 0.0843. The van der Waals surface area contributed by atoms with Gasteiger partial charge in [0.15, 0.2) is 5.58 Å². The first kappa shape index (κ1) is 34.7. The van der Waals surface area contributed by atoms with Crippen LogP contribution in [0.25, 0.3) is 32.6 Å². The molecule has 2 aliphatic rings. The minimum Gasteiger partial charge on any atom is -0.439 e. The Morgan fingerprint density at radius 2 is 1.45 bits per heavy atom. The summed E-state index contributed by atoms with van der Waals surface area (Å²) >= 11 is 4.24. The summed E-state index contributed by atoms with van der Waals surface area (Å²) in [6.45, 7) is 4.92. The van der Waals surface area contributed by atoms with Crippen molar-refractivity contribution in [2.24, 2.45) is 0 Å². The number of aliphatic hydroxyl groups excluding tert-OH is 1. The Labute approximate surface area is 271 Å². The summed E-state index contributed by atoms with van der Waals surface area (Å²) in [6.07, 6.45) is 0.700. The number of hydrogen-bond donors (Lipinski definition) is 1. The molecule has 4 atom stereocenters. The van der Waals surface area contributed by atoms with Crippen LogP contribution in [0.15, 0.2) is 101 Å². The number of epoxide rings is 1. The van der Waals surface area contributed by atoms with Crippen LogP contribution in [0.5, 0.6) is 5.75 Å². The van der Waals surface area contributed by atoms with E-state index in [9.17, 15) is 14.2 Å². The Morgan fingerprint density at radius 1 is 0.905 bits per heavy atom. The zero-order chi connectivity index (χ0) is 29.4. The van der Waals surface area contributed by atoms with Gasteiger partial charge in [0.05, 0.1) is 30.3 Å². The molecule has 1 fully saturated rings. The Hall–Kier alpha value is -1.81. The van der Waals surface area contributed by atoms with E-state index in [1.807, 2.05) is 104 Å². The normalized spacial score (nSPS) is 18.5. The van der Waals surface area contributed by atoms with Crippen molar-refractivity contribution in [3.8, 4) is 16.9 Å². The van der Waals surface area contributed by atoms with Gasteiger partial charge in [-0.05, 0) is 53.8 Å². The molecule has 2 aliphatic heterocycles. The first-order chi connectivity index (χ1) is 19.9. The number of fused-ring (bicyclic) bond motifs is 6. The van der Waals surface area contributed by atoms with Gasteiger partial charge in [0.25, 0.3) is 7.37 Å². The number of halogens is 2. The van der Waals surface area contributed by atoms with E-state index in [1.54, 1.807) is 0 Å². The Morgan fingerprint density at radius 3 is 2.12 bits per heavy atom. The van der Waals surface area contributed by atoms with Crippen LogP contribution in [0.1, 0.15) is 27.7 Å². The first-order valence-electron chi connectivity index (χ1n) is 13.1. The van der Waals surface area contributed by atoms with E-state index in [2.05, 4.69) is 44.2 Å². The van der Waals surface area contributed by atoms with E-state index in [0.29, 0.717) is 29.2 Å². The highest BCUT2D eigenvalue weighted by Gasteiger charge is 2.37. The summed E-state index contributed by atoms with van der Waals surface area (Å²) in [5.74, 6) is 0.637. The van der Waals surface area contributed by atoms with Gasteiger partial charge in [0.2, 0.25) is 5.12 Å². The zero-order valence-corrected chi connectivity index (χ0v) is 28.8. The fourth-order valence-electron chi connectivity index (χ4n) is 4.38. The topological polar surface area (TPSA) is 89.3 Å². The molecule has 1 saturated heterocycles. The number of benzene rings is 4. The molecule has 6 nitrogen and oxygen atoms in total. The van der Waals surface area contributed by atoms with Gasteiger partial charge in [-0.1, -0.05) is 81.1 Å². The van der Waals surface area contributed by atoms with Gasteiger partial charge < -0.3 is 14.4 Å². The molecule has 1 N–H and O–H groups in total. The summed E-state index contributed by atoms with van der Waals surface area (Å²) in [5, 5.41) is 13.4. The molecule has 42 heavy (non-hydrogen) atoms. The van der Waals surface area contributed by atoms with Gasteiger partial charge in [-0.3, -0.25) is 4.57 Å². The van der Waals surface area contributed by atoms with Gasteiger partial charge in [-0.2, -0.15) is 0 Å². The molecule has 0 saturated carbocycles. The molecular weight excluding hydrogens is 796 g/mol. The number of ether oxygens (including phenoxy) is 1. The van der Waals surface area contributed by atoms with Crippen molar-refractivity contribution in [3.63, 3.8) is 0 Å². The molecule has 4 unspecified atom stereocenters. The predicted octanol–water partition coefficient (Wildman–Crippen LogP) is 10.6. The smallest absolute Gasteiger partial charge is 0.439 e. The Balaban J connectivity index is 0.000000194. The summed E-state index contributed by atoms with van der Waals surface area (Å²) in [7, 11) is -4.80. The van der Waals surface area contributed by atoms with Crippen molar-refractivity contribution < 1.29 is 27.7 Å². The Bertz CT molecular complexity index is 1720. The molecule has 10 heteroatoms. The van der Waals surface area contributed by atoms with Crippen molar-refractivity contribution in [1.29, 1.82) is 0 Å². The van der Waals surface area contributed by atoms with Crippen molar-refractivity contribution in [2.45, 2.75) is 39.9 Å². The number of rotatable bonds is 3. The van der Waals surface area contributed by atoms with Crippen molar-refractivity contribution in [2.75, 3.05) is 12.8 Å². The van der Waals surface area contributed by atoms with Crippen molar-refractivity contribution in [3.05, 3.63) is 97.1 Å². The average Bonchev–Trinajstić information content (AvgIpc) is 3.81. The van der Waals surface area contributed by atoms with Crippen LogP contribution >= 0.6 is 52.3 Å². The van der Waals surface area contributed by atoms with Gasteiger partial charge in [0, 0.05) is 53.6 Å². The fourth-order valence-corrected chi connectivity index (χ4v) is 7.95. The molecule has 5 aromatic rings. The van der Waals surface area contributed by atoms with Gasteiger partial charge >= 0.3 is 7.65 Å². The lowest BCUT2D eigenvalue weighted by Crippen LogP contribution is -2.24. The minimum absolute atomic E-state index is 0. The van der Waals surface area contributed by atoms with Gasteiger partial charge in [0.1, 0.15) is 5.75 Å². The van der Waals surface area contributed by atoms with E-state index < -0.39 is 21.1 Å². The van der Waals surface area contributed by atoms with Crippen LogP contribution in [0, 0.1) is 0 Å². The van der Waals surface area contributed by atoms with Crippen LogP contribution in [0.2, 0.25) is 0 Å². The summed E-state index contributed by atoms with van der Waals surface area (Å²) in [4.78, 5) is 0. The number of aliphatic hydroxyl groups is 1. The average molecular weight is 831 g/mol. The van der Waals surface area contributed by atoms with E-state index in [0.717, 1.165) is 33.6 Å². The summed E-state index contributed by atoms with van der Waals surface area (Å²) in [6, 6.07) is 30.5. The van der Waals surface area contributed by atoms with Crippen LogP contribution < -0.4 is 9.83 Å². The molecule has 0 spiro atoms. The number of hydrogen-bond acceptors (Lipinski definition) is 6. The SMILES string of the molecule is C.CC1CO1.CCC(O)CP1(=O)Oc2ccccc2-c2ccccc21.II.O=[p+]1oc2ccccc2c2ccccc21. The van der Waals surface area contributed by atoms with Gasteiger partial charge in [-0.25, -0.2) is 4.20 Å². The van der Waals surface area contributed by atoms with Crippen LogP contribution in [-0.2, 0) is 13.9 Å². The summed E-state index contributed by atoms with van der Waals surface area (Å²) < 4.78 is 40.9. The molecule has 4 aromatic carbocycles. The Kier molecular flexibility index (Phi) is 13.5. The van der Waals surface area contributed by atoms with Crippen molar-refractivity contribution in [1.82, 2.24) is 0 Å². The third kappa shape index (κ3) is 8.42.